The molecule has 0 saturated carbocycles. The fraction of sp³-hybridized carbons (Fsp3) is 0.734. The van der Waals surface area contributed by atoms with Gasteiger partial charge in [-0.1, -0.05) is 150 Å². The van der Waals surface area contributed by atoms with Gasteiger partial charge in [0.05, 0.1) is 61.2 Å². The van der Waals surface area contributed by atoms with Crippen LogP contribution in [-0.4, -0.2) is 239 Å². The zero-order valence-corrected chi connectivity index (χ0v) is 85.4. The van der Waals surface area contributed by atoms with E-state index in [-0.39, 0.29) is 192 Å². The SMILES string of the molecule is CCC(=O)CCC(=O)OC(C)C(NC(=O)CC)C(=O)NCCCC(=O)CC(COCCCOCCCCC(=O)CCCCCOC1OC(COC(=O)c2ccccc2)C(C)C(C)C1C)(COCCCOCCCCC(=O)CCCCCOC1OC(COC(=O)c2ccccc2)C(C)C(C)C1C)COCCCOCCCCC(=O)CCCCCOC1OC(COC(=O)c2ccccc2)C(C)C(C)C1C. The van der Waals surface area contributed by atoms with Crippen LogP contribution in [0, 0.1) is 58.7 Å². The third-order valence-electron chi connectivity index (χ3n) is 27.4. The van der Waals surface area contributed by atoms with Gasteiger partial charge in [-0.2, -0.15) is 0 Å². The maximum absolute atomic E-state index is 14.4. The van der Waals surface area contributed by atoms with Crippen molar-refractivity contribution >= 4 is 64.6 Å². The molecule has 778 valence electrons. The lowest BCUT2D eigenvalue weighted by molar-refractivity contribution is -0.254. The van der Waals surface area contributed by atoms with Gasteiger partial charge in [-0.3, -0.25) is 38.4 Å². The Morgan fingerprint density at radius 3 is 0.971 bits per heavy atom. The first-order valence-electron chi connectivity index (χ1n) is 51.9. The molecule has 6 rings (SSSR count). The van der Waals surface area contributed by atoms with Gasteiger partial charge in [-0.25, -0.2) is 14.4 Å². The summed E-state index contributed by atoms with van der Waals surface area (Å²) in [5, 5.41) is 5.46. The van der Waals surface area contributed by atoms with Crippen LogP contribution in [0.15, 0.2) is 91.0 Å². The quantitative estimate of drug-likeness (QED) is 0.0301. The summed E-state index contributed by atoms with van der Waals surface area (Å²) in [6.45, 7) is 30.0. The van der Waals surface area contributed by atoms with Crippen LogP contribution in [0.4, 0.5) is 0 Å². The van der Waals surface area contributed by atoms with Gasteiger partial charge in [0.25, 0.3) is 0 Å². The normalized spacial score (nSPS) is 22.3. The number of amides is 2. The van der Waals surface area contributed by atoms with E-state index in [1.165, 1.54) is 6.92 Å². The molecular weight excluding hydrogens is 1770 g/mol. The third-order valence-corrected chi connectivity index (χ3v) is 27.4. The van der Waals surface area contributed by atoms with E-state index in [1.807, 2.05) is 18.2 Å². The number of ether oxygens (including phenoxy) is 16. The van der Waals surface area contributed by atoms with Gasteiger partial charge in [-0.05, 0) is 182 Å². The van der Waals surface area contributed by atoms with E-state index in [0.717, 1.165) is 77.0 Å². The average Bonchev–Trinajstić information content (AvgIpc) is 0.822. The minimum atomic E-state index is -1.23. The van der Waals surface area contributed by atoms with Gasteiger partial charge in [0, 0.05) is 180 Å². The number of hydrogen-bond acceptors (Lipinski definition) is 27. The summed E-state index contributed by atoms with van der Waals surface area (Å²) >= 11 is 0. The summed E-state index contributed by atoms with van der Waals surface area (Å²) in [6, 6.07) is 25.5. The summed E-state index contributed by atoms with van der Waals surface area (Å²) < 4.78 is 97.7. The number of carbonyl (C=O) groups is 11. The predicted molar refractivity (Wildman–Crippen MR) is 524 cm³/mol. The van der Waals surface area contributed by atoms with Crippen molar-refractivity contribution in [3.8, 4) is 0 Å². The summed E-state index contributed by atoms with van der Waals surface area (Å²) in [7, 11) is 0. The molecule has 17 atom stereocenters. The van der Waals surface area contributed by atoms with Crippen LogP contribution in [-0.2, 0) is 114 Å². The number of nitrogens with one attached hydrogen (secondary N) is 2. The highest BCUT2D eigenvalue weighted by Crippen LogP contribution is 2.39. The Morgan fingerprint density at radius 2 is 0.638 bits per heavy atom. The molecule has 3 aromatic carbocycles. The Hall–Kier alpha value is -7.65. The first-order chi connectivity index (χ1) is 66.6. The molecule has 0 aliphatic carbocycles. The Bertz CT molecular complexity index is 3600. The van der Waals surface area contributed by atoms with Gasteiger partial charge in [0.2, 0.25) is 11.8 Å². The van der Waals surface area contributed by atoms with E-state index in [0.29, 0.717) is 191 Å². The van der Waals surface area contributed by atoms with Gasteiger partial charge < -0.3 is 86.4 Å². The van der Waals surface area contributed by atoms with Crippen molar-refractivity contribution in [2.75, 3.05) is 125 Å². The zero-order valence-electron chi connectivity index (χ0n) is 85.4. The lowest BCUT2D eigenvalue weighted by Crippen LogP contribution is -2.53. The third kappa shape index (κ3) is 47.5. The maximum Gasteiger partial charge on any atom is 0.338 e. The number of rotatable bonds is 78. The van der Waals surface area contributed by atoms with Gasteiger partial charge in [0.1, 0.15) is 60.9 Å². The van der Waals surface area contributed by atoms with Crippen molar-refractivity contribution in [3.05, 3.63) is 108 Å². The Morgan fingerprint density at radius 1 is 0.326 bits per heavy atom. The van der Waals surface area contributed by atoms with Crippen LogP contribution < -0.4 is 10.6 Å². The van der Waals surface area contributed by atoms with Gasteiger partial charge in [0.15, 0.2) is 18.9 Å². The molecule has 0 bridgehead atoms. The molecule has 3 aliphatic rings. The van der Waals surface area contributed by atoms with Crippen LogP contribution in [0.3, 0.4) is 0 Å². The van der Waals surface area contributed by atoms with Gasteiger partial charge in [-0.15, -0.1) is 0 Å². The topological polar surface area (TPSA) is 360 Å². The van der Waals surface area contributed by atoms with E-state index in [2.05, 4.69) is 72.9 Å². The number of ketones is 5. The zero-order chi connectivity index (χ0) is 100. The minimum absolute atomic E-state index is 0.00556. The molecule has 3 aliphatic heterocycles. The standard InChI is InChI=1S/C109H170N2O27/c1-13-91(112)56-57-100(118)135-87(12)101(111-99(117)14-2)102(119)110-58-39-55-95(116)71-109(75-126-65-40-62-123-59-36-30-52-92(113)49-27-18-33-68-129-106-84(9)78(3)81(6)96(136-106)72-132-103(120)88-43-21-15-22-44-88,76-127-66-41-63-124-60-37-31-53-93(114)50-28-19-34-69-130-107-85(10)79(4)82(7)97(137-107)73-133-104(121)89-45-23-16-24-46-89)77-128-67-42-64-125-61-38-32-54-94(115)51-29-20-35-70-131-108-86(11)80(5)83(8)98(138-108)74-134-105(122)90-47-25-17-26-48-90/h15-17,21-26,43-48,78-87,96-98,101,106-108H,13-14,18-20,27-42,49-77H2,1-12H3,(H,110,119)(H,111,117). The van der Waals surface area contributed by atoms with E-state index >= 15 is 0 Å². The number of unbranched alkanes of at least 4 members (excludes halogenated alkanes) is 9. The second kappa shape index (κ2) is 70.1. The summed E-state index contributed by atoms with van der Waals surface area (Å²) in [5.74, 6) is -0.603. The second-order valence-corrected chi connectivity index (χ2v) is 38.4. The number of carbonyl (C=O) groups excluding carboxylic acids is 11. The van der Waals surface area contributed by atoms with Crippen molar-refractivity contribution in [1.29, 1.82) is 0 Å². The molecule has 2 N–H and O–H groups in total. The molecular formula is C109H170N2O27. The molecule has 29 heteroatoms. The lowest BCUT2D eigenvalue weighted by Gasteiger charge is -2.43. The highest BCUT2D eigenvalue weighted by Gasteiger charge is 2.44. The Kier molecular flexibility index (Phi) is 60.5. The first-order valence-corrected chi connectivity index (χ1v) is 51.9. The molecule has 17 unspecified atom stereocenters. The van der Waals surface area contributed by atoms with Crippen LogP contribution >= 0.6 is 0 Å². The Balaban J connectivity index is 0.951. The smallest absolute Gasteiger partial charge is 0.338 e. The van der Waals surface area contributed by atoms with Gasteiger partial charge >= 0.3 is 23.9 Å². The fourth-order valence-corrected chi connectivity index (χ4v) is 17.2. The number of hydrogen-bond donors (Lipinski definition) is 2. The second-order valence-electron chi connectivity index (χ2n) is 38.4. The van der Waals surface area contributed by atoms with Crippen molar-refractivity contribution in [2.45, 2.75) is 331 Å². The van der Waals surface area contributed by atoms with Crippen molar-refractivity contribution < 1.29 is 129 Å². The number of Topliss-reactive ketones (excluding diaryl/α,β-unsaturated/α-hetero) is 5. The maximum atomic E-state index is 14.4. The number of esters is 4. The fourth-order valence-electron chi connectivity index (χ4n) is 17.2. The van der Waals surface area contributed by atoms with Crippen molar-refractivity contribution in [3.63, 3.8) is 0 Å². The summed E-state index contributed by atoms with van der Waals surface area (Å²) in [5.41, 5.74) is 0.527. The first kappa shape index (κ1) is 119. The minimum Gasteiger partial charge on any atom is -0.460 e. The molecule has 3 aromatic rings. The molecule has 138 heavy (non-hydrogen) atoms. The van der Waals surface area contributed by atoms with Crippen molar-refractivity contribution in [1.82, 2.24) is 10.6 Å². The average molecular weight is 1940 g/mol. The molecule has 0 spiro atoms. The van der Waals surface area contributed by atoms with Crippen molar-refractivity contribution in [2.24, 2.45) is 58.7 Å². The molecule has 2 amide bonds. The summed E-state index contributed by atoms with van der Waals surface area (Å²) in [6.07, 6.45) is 13.3. The molecule has 0 radical (unpaired) electrons. The van der Waals surface area contributed by atoms with Crippen LogP contribution in [0.5, 0.6) is 0 Å². The van der Waals surface area contributed by atoms with Crippen LogP contribution in [0.2, 0.25) is 0 Å². The van der Waals surface area contributed by atoms with E-state index in [4.69, 9.17) is 75.8 Å². The Labute approximate surface area is 822 Å². The molecule has 29 nitrogen and oxygen atoms in total. The number of benzene rings is 3. The highest BCUT2D eigenvalue weighted by molar-refractivity contribution is 5.91. The molecule has 0 aromatic heterocycles. The predicted octanol–water partition coefficient (Wildman–Crippen LogP) is 18.1. The van der Waals surface area contributed by atoms with E-state index in [9.17, 15) is 52.7 Å². The van der Waals surface area contributed by atoms with E-state index < -0.39 is 54.2 Å². The summed E-state index contributed by atoms with van der Waals surface area (Å²) in [4.78, 5) is 142. The van der Waals surface area contributed by atoms with E-state index in [1.54, 1.807) is 86.6 Å². The van der Waals surface area contributed by atoms with Crippen LogP contribution in [0.1, 0.15) is 313 Å². The lowest BCUT2D eigenvalue weighted by atomic mass is 9.79. The monoisotopic (exact) mass is 1940 g/mol. The molecule has 3 heterocycles. The molecule has 3 fully saturated rings. The highest BCUT2D eigenvalue weighted by atomic mass is 16.7. The van der Waals surface area contributed by atoms with Crippen LogP contribution in [0.25, 0.3) is 0 Å². The largest absolute Gasteiger partial charge is 0.460 e. The molecule has 3 saturated heterocycles.